The van der Waals surface area contributed by atoms with E-state index in [1.54, 1.807) is 12.1 Å². The highest BCUT2D eigenvalue weighted by Gasteiger charge is 2.32. The van der Waals surface area contributed by atoms with Crippen molar-refractivity contribution in [2.45, 2.75) is 18.9 Å². The summed E-state index contributed by atoms with van der Waals surface area (Å²) in [6.07, 6.45) is 1.97. The first kappa shape index (κ1) is 11.8. The first-order chi connectivity index (χ1) is 9.65. The van der Waals surface area contributed by atoms with Gasteiger partial charge in [0.25, 0.3) is 0 Å². The lowest BCUT2D eigenvalue weighted by atomic mass is 9.77. The van der Waals surface area contributed by atoms with E-state index in [1.807, 2.05) is 0 Å². The molecule has 3 nitrogen and oxygen atoms in total. The van der Waals surface area contributed by atoms with Gasteiger partial charge in [-0.2, -0.15) is 0 Å². The number of phenolic OH excluding ortho intramolecular Hbond substituents is 2. The molecule has 1 heterocycles. The molecule has 0 saturated heterocycles. The van der Waals surface area contributed by atoms with Crippen LogP contribution in [0, 0.1) is 0 Å². The van der Waals surface area contributed by atoms with Crippen LogP contribution in [-0.4, -0.2) is 28.7 Å². The van der Waals surface area contributed by atoms with Crippen LogP contribution in [-0.2, 0) is 12.8 Å². The number of phenols is 2. The number of aromatic hydroxyl groups is 2. The van der Waals surface area contributed by atoms with Crippen LogP contribution >= 0.6 is 0 Å². The Bertz CT molecular complexity index is 708. The van der Waals surface area contributed by atoms with Crippen LogP contribution < -0.4 is 0 Å². The van der Waals surface area contributed by atoms with E-state index in [1.165, 1.54) is 16.7 Å². The molecule has 1 atom stereocenters. The predicted molar refractivity (Wildman–Crippen MR) is 78.0 cm³/mol. The lowest BCUT2D eigenvalue weighted by Crippen LogP contribution is -2.35. The smallest absolute Gasteiger partial charge is 0.158 e. The number of rotatable bonds is 0. The zero-order valence-corrected chi connectivity index (χ0v) is 11.4. The van der Waals surface area contributed by atoms with E-state index in [0.29, 0.717) is 6.04 Å². The lowest BCUT2D eigenvalue weighted by Gasteiger charge is -2.39. The number of hydrogen-bond donors (Lipinski definition) is 2. The van der Waals surface area contributed by atoms with Gasteiger partial charge in [-0.3, -0.25) is 4.90 Å². The van der Waals surface area contributed by atoms with Gasteiger partial charge in [0.15, 0.2) is 11.5 Å². The molecule has 0 fully saturated rings. The second-order valence-electron chi connectivity index (χ2n) is 5.83. The summed E-state index contributed by atoms with van der Waals surface area (Å²) in [5.74, 6) is -0.0641. The predicted octanol–water partition coefficient (Wildman–Crippen LogP) is 2.85. The molecule has 20 heavy (non-hydrogen) atoms. The Morgan fingerprint density at radius 1 is 1.05 bits per heavy atom. The normalized spacial score (nSPS) is 20.4. The number of hydrogen-bond acceptors (Lipinski definition) is 3. The zero-order valence-electron chi connectivity index (χ0n) is 11.4. The Morgan fingerprint density at radius 2 is 1.85 bits per heavy atom. The van der Waals surface area contributed by atoms with Crippen LogP contribution in [0.3, 0.4) is 0 Å². The highest BCUT2D eigenvalue weighted by molar-refractivity contribution is 5.77. The number of fused-ring (bicyclic) bond motifs is 2. The van der Waals surface area contributed by atoms with Crippen molar-refractivity contribution in [3.63, 3.8) is 0 Å². The first-order valence-corrected chi connectivity index (χ1v) is 7.02. The van der Waals surface area contributed by atoms with Crippen LogP contribution in [0.2, 0.25) is 0 Å². The van der Waals surface area contributed by atoms with Gasteiger partial charge in [0.2, 0.25) is 0 Å². The van der Waals surface area contributed by atoms with Gasteiger partial charge < -0.3 is 10.2 Å². The molecule has 4 rings (SSSR count). The summed E-state index contributed by atoms with van der Waals surface area (Å²) in [5, 5.41) is 19.6. The highest BCUT2D eigenvalue weighted by Crippen LogP contribution is 2.47. The minimum absolute atomic E-state index is 0.0261. The summed E-state index contributed by atoms with van der Waals surface area (Å²) in [6, 6.07) is 10.2. The lowest BCUT2D eigenvalue weighted by molar-refractivity contribution is 0.228. The average Bonchev–Trinajstić information content (AvgIpc) is 2.45. The third-order valence-electron chi connectivity index (χ3n) is 4.70. The summed E-state index contributed by atoms with van der Waals surface area (Å²) in [7, 11) is 2.16. The van der Waals surface area contributed by atoms with Gasteiger partial charge in [-0.25, -0.2) is 0 Å². The second-order valence-corrected chi connectivity index (χ2v) is 5.83. The molecule has 1 aliphatic heterocycles. The Labute approximate surface area is 118 Å². The fourth-order valence-electron chi connectivity index (χ4n) is 3.64. The van der Waals surface area contributed by atoms with E-state index < -0.39 is 0 Å². The fourth-order valence-corrected chi connectivity index (χ4v) is 3.64. The second kappa shape index (κ2) is 4.00. The van der Waals surface area contributed by atoms with Gasteiger partial charge in [0.05, 0.1) is 0 Å². The van der Waals surface area contributed by atoms with E-state index in [9.17, 15) is 10.2 Å². The molecule has 0 radical (unpaired) electrons. The zero-order chi connectivity index (χ0) is 13.9. The van der Waals surface area contributed by atoms with Crippen LogP contribution in [0.1, 0.15) is 22.7 Å². The molecule has 3 heteroatoms. The standard InChI is InChI=1S/C17H17NO2/c1-18-6-5-10-3-2-4-12-13-9-16(20)15(19)8-11(13)7-14(18)17(10)12/h2-4,8-9,14,19-20H,5-7H2,1H3. The van der Waals surface area contributed by atoms with Crippen LogP contribution in [0.4, 0.5) is 0 Å². The van der Waals surface area contributed by atoms with Crippen molar-refractivity contribution in [2.75, 3.05) is 13.6 Å². The van der Waals surface area contributed by atoms with Crippen LogP contribution in [0.15, 0.2) is 30.3 Å². The van der Waals surface area contributed by atoms with Crippen molar-refractivity contribution < 1.29 is 10.2 Å². The molecule has 0 aromatic heterocycles. The molecular weight excluding hydrogens is 250 g/mol. The SMILES string of the molecule is CN1CCc2cccc3c2C1Cc1cc(O)c(O)cc1-3. The largest absolute Gasteiger partial charge is 0.504 e. The van der Waals surface area contributed by atoms with Gasteiger partial charge in [-0.1, -0.05) is 18.2 Å². The monoisotopic (exact) mass is 267 g/mol. The van der Waals surface area contributed by atoms with Crippen molar-refractivity contribution in [3.05, 3.63) is 47.0 Å². The van der Waals surface area contributed by atoms with E-state index in [-0.39, 0.29) is 11.5 Å². The molecule has 2 aromatic rings. The molecule has 0 amide bonds. The summed E-state index contributed by atoms with van der Waals surface area (Å²) in [6.45, 7) is 1.07. The van der Waals surface area contributed by atoms with Crippen molar-refractivity contribution >= 4 is 0 Å². The van der Waals surface area contributed by atoms with Gasteiger partial charge in [-0.05, 0) is 59.8 Å². The van der Waals surface area contributed by atoms with E-state index in [4.69, 9.17) is 0 Å². The first-order valence-electron chi connectivity index (χ1n) is 7.02. The van der Waals surface area contributed by atoms with E-state index in [0.717, 1.165) is 30.5 Å². The minimum atomic E-state index is -0.0380. The number of nitrogens with zero attached hydrogens (tertiary/aromatic N) is 1. The maximum absolute atomic E-state index is 9.80. The molecular formula is C17H17NO2. The summed E-state index contributed by atoms with van der Waals surface area (Å²) >= 11 is 0. The Hall–Kier alpha value is -2.00. The molecule has 0 spiro atoms. The Balaban J connectivity index is 2.02. The number of benzene rings is 2. The fraction of sp³-hybridized carbons (Fsp3) is 0.294. The van der Waals surface area contributed by atoms with Crippen molar-refractivity contribution in [1.82, 2.24) is 4.90 Å². The highest BCUT2D eigenvalue weighted by atomic mass is 16.3. The summed E-state index contributed by atoms with van der Waals surface area (Å²) in [4.78, 5) is 2.39. The van der Waals surface area contributed by atoms with Gasteiger partial charge >= 0.3 is 0 Å². The quantitative estimate of drug-likeness (QED) is 0.721. The molecule has 1 aliphatic carbocycles. The summed E-state index contributed by atoms with van der Waals surface area (Å²) < 4.78 is 0. The van der Waals surface area contributed by atoms with Crippen LogP contribution in [0.5, 0.6) is 11.5 Å². The van der Waals surface area contributed by atoms with Gasteiger partial charge in [0.1, 0.15) is 0 Å². The summed E-state index contributed by atoms with van der Waals surface area (Å²) in [5.41, 5.74) is 6.20. The molecule has 2 aromatic carbocycles. The molecule has 102 valence electrons. The third-order valence-corrected chi connectivity index (χ3v) is 4.70. The Kier molecular flexibility index (Phi) is 2.36. The number of likely N-dealkylation sites (N-methyl/N-ethyl adjacent to an activating group) is 1. The maximum Gasteiger partial charge on any atom is 0.158 e. The van der Waals surface area contributed by atoms with Crippen LogP contribution in [0.25, 0.3) is 11.1 Å². The molecule has 2 aliphatic rings. The van der Waals surface area contributed by atoms with Gasteiger partial charge in [-0.15, -0.1) is 0 Å². The topological polar surface area (TPSA) is 43.7 Å². The third kappa shape index (κ3) is 1.50. The molecule has 2 N–H and O–H groups in total. The maximum atomic E-state index is 9.80. The van der Waals surface area contributed by atoms with E-state index >= 15 is 0 Å². The molecule has 0 bridgehead atoms. The van der Waals surface area contributed by atoms with E-state index in [2.05, 4.69) is 30.1 Å². The minimum Gasteiger partial charge on any atom is -0.504 e. The average molecular weight is 267 g/mol. The molecule has 0 saturated carbocycles. The molecule has 1 unspecified atom stereocenters. The van der Waals surface area contributed by atoms with Crippen molar-refractivity contribution in [1.29, 1.82) is 0 Å². The van der Waals surface area contributed by atoms with Crippen molar-refractivity contribution in [3.8, 4) is 22.6 Å². The van der Waals surface area contributed by atoms with Crippen molar-refractivity contribution in [2.24, 2.45) is 0 Å². The van der Waals surface area contributed by atoms with Gasteiger partial charge in [0, 0.05) is 12.6 Å². The Morgan fingerprint density at radius 3 is 2.70 bits per heavy atom.